The summed E-state index contributed by atoms with van der Waals surface area (Å²) in [5.74, 6) is -0.645. The smallest absolute Gasteiger partial charge is 0.285 e. The molecule has 0 N–H and O–H groups in total. The van der Waals surface area contributed by atoms with Crippen LogP contribution in [0.25, 0.3) is 0 Å². The van der Waals surface area contributed by atoms with Crippen LogP contribution in [0.1, 0.15) is 85.5 Å². The molecule has 0 saturated heterocycles. The fraction of sp³-hybridized carbons (Fsp3) is 1.00. The fourth-order valence-corrected chi connectivity index (χ4v) is 3.23. The van der Waals surface area contributed by atoms with E-state index in [1.54, 1.807) is 7.11 Å². The molecule has 0 aliphatic heterocycles. The van der Waals surface area contributed by atoms with Gasteiger partial charge < -0.3 is 18.9 Å². The zero-order valence-corrected chi connectivity index (χ0v) is 16.9. The van der Waals surface area contributed by atoms with E-state index in [2.05, 4.69) is 6.92 Å². The molecule has 0 amide bonds. The summed E-state index contributed by atoms with van der Waals surface area (Å²) in [5, 5.41) is 0. The summed E-state index contributed by atoms with van der Waals surface area (Å²) in [4.78, 5) is 0. The Morgan fingerprint density at radius 1 is 0.667 bits per heavy atom. The van der Waals surface area contributed by atoms with E-state index in [0.29, 0.717) is 19.8 Å². The lowest BCUT2D eigenvalue weighted by atomic mass is 9.93. The number of unbranched alkanes of at least 4 members (excludes halogenated alkanes) is 5. The average molecular weight is 347 g/mol. The molecule has 1 atom stereocenters. The van der Waals surface area contributed by atoms with E-state index < -0.39 is 5.97 Å². The topological polar surface area (TPSA) is 36.9 Å². The van der Waals surface area contributed by atoms with Gasteiger partial charge in [-0.3, -0.25) is 0 Å². The van der Waals surface area contributed by atoms with Crippen LogP contribution in [0.4, 0.5) is 0 Å². The molecule has 146 valence electrons. The van der Waals surface area contributed by atoms with Crippen molar-refractivity contribution in [3.63, 3.8) is 0 Å². The molecular formula is C20H42O4. The highest BCUT2D eigenvalue weighted by Crippen LogP contribution is 2.34. The normalized spacial score (nSPS) is 13.4. The summed E-state index contributed by atoms with van der Waals surface area (Å²) in [6.07, 6.45) is 10.9. The predicted octanol–water partition coefficient (Wildman–Crippen LogP) is 5.54. The molecular weight excluding hydrogens is 304 g/mol. The highest BCUT2D eigenvalue weighted by Gasteiger charge is 2.41. The van der Waals surface area contributed by atoms with Crippen LogP contribution in [-0.2, 0) is 18.9 Å². The van der Waals surface area contributed by atoms with Crippen molar-refractivity contribution in [3.8, 4) is 0 Å². The maximum atomic E-state index is 6.01. The highest BCUT2D eigenvalue weighted by atomic mass is 16.9. The van der Waals surface area contributed by atoms with Crippen molar-refractivity contribution < 1.29 is 18.9 Å². The molecule has 0 aromatic heterocycles. The van der Waals surface area contributed by atoms with E-state index in [0.717, 1.165) is 25.9 Å². The summed E-state index contributed by atoms with van der Waals surface area (Å²) >= 11 is 0. The van der Waals surface area contributed by atoms with Crippen molar-refractivity contribution in [2.24, 2.45) is 5.92 Å². The molecule has 0 fully saturated rings. The molecule has 0 radical (unpaired) electrons. The Morgan fingerprint density at radius 2 is 1.17 bits per heavy atom. The van der Waals surface area contributed by atoms with Gasteiger partial charge in [0.2, 0.25) is 0 Å². The van der Waals surface area contributed by atoms with Gasteiger partial charge in [0, 0.05) is 39.5 Å². The molecule has 0 aliphatic carbocycles. The lowest BCUT2D eigenvalue weighted by Crippen LogP contribution is -2.47. The first-order valence-electron chi connectivity index (χ1n) is 10.1. The second kappa shape index (κ2) is 16.3. The maximum Gasteiger partial charge on any atom is 0.285 e. The SMILES string of the molecule is CCCCCCCCC(CCCOC)C(OCC)(OCC)OCC. The Hall–Kier alpha value is -0.160. The Labute approximate surface area is 150 Å². The number of methoxy groups -OCH3 is 1. The summed E-state index contributed by atoms with van der Waals surface area (Å²) in [6, 6.07) is 0. The van der Waals surface area contributed by atoms with E-state index in [4.69, 9.17) is 18.9 Å². The number of rotatable bonds is 18. The van der Waals surface area contributed by atoms with Crippen LogP contribution in [0.15, 0.2) is 0 Å². The minimum atomic E-state index is -0.893. The van der Waals surface area contributed by atoms with Gasteiger partial charge in [0.05, 0.1) is 0 Å². The first-order valence-corrected chi connectivity index (χ1v) is 10.1. The zero-order chi connectivity index (χ0) is 18.1. The fourth-order valence-electron chi connectivity index (χ4n) is 3.23. The molecule has 4 heteroatoms. The molecule has 0 rings (SSSR count). The Morgan fingerprint density at radius 3 is 1.67 bits per heavy atom. The van der Waals surface area contributed by atoms with Gasteiger partial charge >= 0.3 is 0 Å². The molecule has 4 nitrogen and oxygen atoms in total. The molecule has 0 saturated carbocycles. The van der Waals surface area contributed by atoms with Crippen LogP contribution in [0.3, 0.4) is 0 Å². The standard InChI is InChI=1S/C20H42O4/c1-6-10-11-12-13-14-16-19(17-15-18-21-5)20(22-7-2,23-8-3)24-9-4/h19H,6-18H2,1-5H3. The van der Waals surface area contributed by atoms with Crippen molar-refractivity contribution in [2.45, 2.75) is 91.5 Å². The van der Waals surface area contributed by atoms with E-state index in [1.165, 1.54) is 38.5 Å². The monoisotopic (exact) mass is 346 g/mol. The Bertz CT molecular complexity index is 241. The summed E-state index contributed by atoms with van der Waals surface area (Å²) < 4.78 is 23.3. The van der Waals surface area contributed by atoms with Gasteiger partial charge in [-0.25, -0.2) is 0 Å². The first kappa shape index (κ1) is 23.8. The number of ether oxygens (including phenoxy) is 4. The highest BCUT2D eigenvalue weighted by molar-refractivity contribution is 4.73. The molecule has 0 bridgehead atoms. The van der Waals surface area contributed by atoms with Crippen LogP contribution in [0, 0.1) is 5.92 Å². The van der Waals surface area contributed by atoms with Crippen molar-refractivity contribution in [2.75, 3.05) is 33.5 Å². The molecule has 0 spiro atoms. The van der Waals surface area contributed by atoms with Crippen LogP contribution in [-0.4, -0.2) is 39.5 Å². The molecule has 0 aromatic carbocycles. The van der Waals surface area contributed by atoms with Crippen LogP contribution < -0.4 is 0 Å². The Kier molecular flexibility index (Phi) is 16.2. The zero-order valence-electron chi connectivity index (χ0n) is 16.9. The predicted molar refractivity (Wildman–Crippen MR) is 100 cm³/mol. The van der Waals surface area contributed by atoms with Gasteiger partial charge in [-0.1, -0.05) is 45.4 Å². The molecule has 1 unspecified atom stereocenters. The number of hydrogen-bond acceptors (Lipinski definition) is 4. The minimum Gasteiger partial charge on any atom is -0.385 e. The number of hydrogen-bond donors (Lipinski definition) is 0. The van der Waals surface area contributed by atoms with Crippen LogP contribution in [0.2, 0.25) is 0 Å². The van der Waals surface area contributed by atoms with E-state index in [-0.39, 0.29) is 5.92 Å². The summed E-state index contributed by atoms with van der Waals surface area (Å²) in [5.41, 5.74) is 0. The van der Waals surface area contributed by atoms with Gasteiger partial charge in [-0.15, -0.1) is 0 Å². The third-order valence-corrected chi connectivity index (χ3v) is 4.34. The largest absolute Gasteiger partial charge is 0.385 e. The molecule has 0 aromatic rings. The van der Waals surface area contributed by atoms with Crippen molar-refractivity contribution in [3.05, 3.63) is 0 Å². The first-order chi connectivity index (χ1) is 11.7. The van der Waals surface area contributed by atoms with E-state index in [9.17, 15) is 0 Å². The van der Waals surface area contributed by atoms with Gasteiger partial charge in [0.15, 0.2) is 0 Å². The maximum absolute atomic E-state index is 6.01. The molecule has 0 aliphatic rings. The molecule has 0 heterocycles. The van der Waals surface area contributed by atoms with Crippen molar-refractivity contribution in [1.29, 1.82) is 0 Å². The van der Waals surface area contributed by atoms with E-state index >= 15 is 0 Å². The van der Waals surface area contributed by atoms with Gasteiger partial charge in [0.1, 0.15) is 0 Å². The average Bonchev–Trinajstić information content (AvgIpc) is 2.57. The van der Waals surface area contributed by atoms with Crippen molar-refractivity contribution >= 4 is 0 Å². The van der Waals surface area contributed by atoms with Gasteiger partial charge in [-0.2, -0.15) is 0 Å². The third kappa shape index (κ3) is 9.97. The lowest BCUT2D eigenvalue weighted by Gasteiger charge is -2.39. The van der Waals surface area contributed by atoms with Gasteiger partial charge in [-0.05, 0) is 40.0 Å². The Balaban J connectivity index is 4.74. The summed E-state index contributed by atoms with van der Waals surface area (Å²) in [6.45, 7) is 10.8. The van der Waals surface area contributed by atoms with Crippen LogP contribution >= 0.6 is 0 Å². The molecule has 24 heavy (non-hydrogen) atoms. The second-order valence-electron chi connectivity index (χ2n) is 6.29. The van der Waals surface area contributed by atoms with Gasteiger partial charge in [0.25, 0.3) is 5.97 Å². The van der Waals surface area contributed by atoms with Crippen molar-refractivity contribution in [1.82, 2.24) is 0 Å². The quantitative estimate of drug-likeness (QED) is 0.241. The third-order valence-electron chi connectivity index (χ3n) is 4.34. The second-order valence-corrected chi connectivity index (χ2v) is 6.29. The van der Waals surface area contributed by atoms with Crippen LogP contribution in [0.5, 0.6) is 0 Å². The van der Waals surface area contributed by atoms with E-state index in [1.807, 2.05) is 20.8 Å². The minimum absolute atomic E-state index is 0.249. The summed E-state index contributed by atoms with van der Waals surface area (Å²) in [7, 11) is 1.75. The lowest BCUT2D eigenvalue weighted by molar-refractivity contribution is -0.403.